The fraction of sp³-hybridized carbons (Fsp3) is 0.200. The summed E-state index contributed by atoms with van der Waals surface area (Å²) in [6.07, 6.45) is 2.51. The molecule has 4 heteroatoms. The molecule has 1 aliphatic rings. The number of unbranched alkanes of at least 4 members (excludes halogenated alkanes) is 1. The highest BCUT2D eigenvalue weighted by molar-refractivity contribution is 6.14. The minimum Gasteiger partial charge on any atom is -0.272 e. The third-order valence-corrected chi connectivity index (χ3v) is 4.80. The second-order valence-electron chi connectivity index (χ2n) is 6.91. The summed E-state index contributed by atoms with van der Waals surface area (Å²) in [6, 6.07) is 30.0. The number of amides is 2. The van der Waals surface area contributed by atoms with Gasteiger partial charge in [-0.3, -0.25) is 15.0 Å². The fourth-order valence-electron chi connectivity index (χ4n) is 3.20. The number of nitrogens with one attached hydrogen (secondary N) is 1. The molecule has 0 aromatic heterocycles. The maximum absolute atomic E-state index is 12.1. The van der Waals surface area contributed by atoms with Crippen LogP contribution in [0.5, 0.6) is 0 Å². The van der Waals surface area contributed by atoms with Crippen LogP contribution in [-0.4, -0.2) is 11.8 Å². The van der Waals surface area contributed by atoms with Crippen LogP contribution in [0.15, 0.2) is 91.0 Å². The molecule has 2 amide bonds. The normalized spacial score (nSPS) is 15.5. The minimum atomic E-state index is -0.518. The average molecular weight is 386 g/mol. The van der Waals surface area contributed by atoms with E-state index in [4.69, 9.17) is 0 Å². The molecule has 1 saturated heterocycles. The van der Waals surface area contributed by atoms with Crippen molar-refractivity contribution in [1.82, 2.24) is 5.43 Å². The van der Waals surface area contributed by atoms with E-state index in [1.807, 2.05) is 37.3 Å². The molecule has 1 unspecified atom stereocenters. The second kappa shape index (κ2) is 10.2. The van der Waals surface area contributed by atoms with E-state index in [2.05, 4.69) is 54.0 Å². The van der Waals surface area contributed by atoms with Crippen LogP contribution in [0.2, 0.25) is 0 Å². The highest BCUT2D eigenvalue weighted by Gasteiger charge is 2.39. The number of carbonyl (C=O) groups excluding carboxylic acids is 2. The standard InChI is InChI=1S/C13H16N2O2.C12H10/c1-2-3-9-11-12(16)14-15(13(11)17)10-7-5-4-6-8-10;1-3-7-11(8-4-1)12-9-5-2-6-10-12/h4-8,11H,2-3,9H2,1H3,(H,14,16);1-10H. The van der Waals surface area contributed by atoms with Gasteiger partial charge in [-0.15, -0.1) is 0 Å². The molecule has 0 radical (unpaired) electrons. The minimum absolute atomic E-state index is 0.144. The first-order chi connectivity index (χ1) is 14.2. The first kappa shape index (κ1) is 20.3. The van der Waals surface area contributed by atoms with Gasteiger partial charge in [-0.1, -0.05) is 98.6 Å². The van der Waals surface area contributed by atoms with E-state index in [9.17, 15) is 9.59 Å². The van der Waals surface area contributed by atoms with Crippen molar-refractivity contribution in [2.75, 3.05) is 5.01 Å². The van der Waals surface area contributed by atoms with Gasteiger partial charge in [-0.05, 0) is 29.7 Å². The molecule has 1 N–H and O–H groups in total. The number of hydrazine groups is 1. The van der Waals surface area contributed by atoms with E-state index in [0.717, 1.165) is 12.8 Å². The van der Waals surface area contributed by atoms with Crippen molar-refractivity contribution in [1.29, 1.82) is 0 Å². The van der Waals surface area contributed by atoms with Crippen molar-refractivity contribution in [3.8, 4) is 11.1 Å². The van der Waals surface area contributed by atoms with Crippen molar-refractivity contribution >= 4 is 17.5 Å². The van der Waals surface area contributed by atoms with Crippen LogP contribution in [0, 0.1) is 5.92 Å². The smallest absolute Gasteiger partial charge is 0.258 e. The first-order valence-corrected chi connectivity index (χ1v) is 10.0. The molecule has 0 spiro atoms. The zero-order valence-corrected chi connectivity index (χ0v) is 16.6. The number of carbonyl (C=O) groups is 2. The van der Waals surface area contributed by atoms with Crippen molar-refractivity contribution in [3.63, 3.8) is 0 Å². The highest BCUT2D eigenvalue weighted by Crippen LogP contribution is 2.22. The van der Waals surface area contributed by atoms with Gasteiger partial charge in [0.25, 0.3) is 11.8 Å². The first-order valence-electron chi connectivity index (χ1n) is 10.0. The molecule has 4 rings (SSSR count). The molecule has 4 nitrogen and oxygen atoms in total. The van der Waals surface area contributed by atoms with Crippen LogP contribution in [0.1, 0.15) is 26.2 Å². The Hall–Kier alpha value is -3.40. The van der Waals surface area contributed by atoms with E-state index >= 15 is 0 Å². The van der Waals surface area contributed by atoms with E-state index in [1.165, 1.54) is 16.1 Å². The van der Waals surface area contributed by atoms with E-state index < -0.39 is 5.92 Å². The third-order valence-electron chi connectivity index (χ3n) is 4.80. The number of nitrogens with zero attached hydrogens (tertiary/aromatic N) is 1. The SMILES string of the molecule is CCCCC1C(=O)NN(c2ccccc2)C1=O.c1ccc(-c2ccccc2)cc1. The summed E-state index contributed by atoms with van der Waals surface area (Å²) in [6.45, 7) is 2.05. The van der Waals surface area contributed by atoms with Gasteiger partial charge in [-0.2, -0.15) is 0 Å². The van der Waals surface area contributed by atoms with Crippen LogP contribution in [-0.2, 0) is 9.59 Å². The number of anilines is 1. The zero-order chi connectivity index (χ0) is 20.5. The van der Waals surface area contributed by atoms with Crippen molar-refractivity contribution in [2.24, 2.45) is 5.92 Å². The van der Waals surface area contributed by atoms with Gasteiger partial charge in [0.1, 0.15) is 5.92 Å². The van der Waals surface area contributed by atoms with Gasteiger partial charge in [0, 0.05) is 0 Å². The van der Waals surface area contributed by atoms with Gasteiger partial charge in [0.05, 0.1) is 5.69 Å². The second-order valence-corrected chi connectivity index (χ2v) is 6.91. The summed E-state index contributed by atoms with van der Waals surface area (Å²) in [5.41, 5.74) is 5.89. The summed E-state index contributed by atoms with van der Waals surface area (Å²) in [5.74, 6) is -0.850. The molecule has 1 fully saturated rings. The summed E-state index contributed by atoms with van der Waals surface area (Å²) >= 11 is 0. The predicted octanol–water partition coefficient (Wildman–Crippen LogP) is 5.22. The third kappa shape index (κ3) is 5.32. The summed E-state index contributed by atoms with van der Waals surface area (Å²) in [4.78, 5) is 23.8. The molecular formula is C25H26N2O2. The maximum Gasteiger partial charge on any atom is 0.258 e. The lowest BCUT2D eigenvalue weighted by Gasteiger charge is -2.14. The molecule has 1 heterocycles. The Bertz CT molecular complexity index is 874. The molecule has 3 aromatic carbocycles. The Labute approximate surface area is 172 Å². The van der Waals surface area contributed by atoms with Gasteiger partial charge >= 0.3 is 0 Å². The molecule has 3 aromatic rings. The van der Waals surface area contributed by atoms with Crippen molar-refractivity contribution < 1.29 is 9.59 Å². The Morgan fingerprint density at radius 2 is 1.24 bits per heavy atom. The number of para-hydroxylation sites is 1. The molecule has 1 aliphatic heterocycles. The monoisotopic (exact) mass is 386 g/mol. The summed E-state index contributed by atoms with van der Waals surface area (Å²) in [7, 11) is 0. The van der Waals surface area contributed by atoms with Crippen LogP contribution in [0.3, 0.4) is 0 Å². The highest BCUT2D eigenvalue weighted by atomic mass is 16.2. The molecule has 1 atom stereocenters. The lowest BCUT2D eigenvalue weighted by Crippen LogP contribution is -2.35. The largest absolute Gasteiger partial charge is 0.272 e. The number of rotatable bonds is 5. The van der Waals surface area contributed by atoms with Gasteiger partial charge < -0.3 is 0 Å². The van der Waals surface area contributed by atoms with Gasteiger partial charge in [0.2, 0.25) is 0 Å². The Kier molecular flexibility index (Phi) is 7.17. The zero-order valence-electron chi connectivity index (χ0n) is 16.6. The van der Waals surface area contributed by atoms with E-state index in [-0.39, 0.29) is 11.8 Å². The molecule has 0 aliphatic carbocycles. The number of hydrogen-bond acceptors (Lipinski definition) is 2. The average Bonchev–Trinajstić information content (AvgIpc) is 3.08. The summed E-state index contributed by atoms with van der Waals surface area (Å²) < 4.78 is 0. The molecule has 148 valence electrons. The van der Waals surface area contributed by atoms with Crippen LogP contribution in [0.4, 0.5) is 5.69 Å². The topological polar surface area (TPSA) is 49.4 Å². The van der Waals surface area contributed by atoms with Crippen LogP contribution >= 0.6 is 0 Å². The molecule has 0 bridgehead atoms. The predicted molar refractivity (Wildman–Crippen MR) is 117 cm³/mol. The Morgan fingerprint density at radius 3 is 1.72 bits per heavy atom. The maximum atomic E-state index is 12.1. The van der Waals surface area contributed by atoms with E-state index in [1.54, 1.807) is 12.1 Å². The van der Waals surface area contributed by atoms with Crippen LogP contribution < -0.4 is 10.4 Å². The number of hydrogen-bond donors (Lipinski definition) is 1. The lowest BCUT2D eigenvalue weighted by atomic mass is 10.0. The molecule has 29 heavy (non-hydrogen) atoms. The van der Waals surface area contributed by atoms with E-state index in [0.29, 0.717) is 12.1 Å². The Morgan fingerprint density at radius 1 is 0.759 bits per heavy atom. The summed E-state index contributed by atoms with van der Waals surface area (Å²) in [5, 5.41) is 1.35. The Balaban J connectivity index is 0.000000176. The van der Waals surface area contributed by atoms with Crippen molar-refractivity contribution in [3.05, 3.63) is 91.0 Å². The van der Waals surface area contributed by atoms with Crippen LogP contribution in [0.25, 0.3) is 11.1 Å². The number of benzene rings is 3. The molecule has 0 saturated carbocycles. The van der Waals surface area contributed by atoms with Gasteiger partial charge in [-0.25, -0.2) is 5.01 Å². The molecular weight excluding hydrogens is 360 g/mol. The van der Waals surface area contributed by atoms with Gasteiger partial charge in [0.15, 0.2) is 0 Å². The van der Waals surface area contributed by atoms with Crippen molar-refractivity contribution in [2.45, 2.75) is 26.2 Å². The quantitative estimate of drug-likeness (QED) is 0.611. The fourth-order valence-corrected chi connectivity index (χ4v) is 3.20. The lowest BCUT2D eigenvalue weighted by molar-refractivity contribution is -0.127.